The predicted octanol–water partition coefficient (Wildman–Crippen LogP) is 3.42. The molecular formula is C14H14ClNO3. The summed E-state index contributed by atoms with van der Waals surface area (Å²) in [4.78, 5) is 4.12. The summed E-state index contributed by atoms with van der Waals surface area (Å²) in [7, 11) is 0. The van der Waals surface area contributed by atoms with E-state index in [4.69, 9.17) is 26.2 Å². The Hall–Kier alpha value is -1.78. The molecule has 0 spiro atoms. The Morgan fingerprint density at radius 1 is 1.21 bits per heavy atom. The first-order valence-electron chi connectivity index (χ1n) is 5.90. The van der Waals surface area contributed by atoms with E-state index in [1.165, 1.54) is 0 Å². The molecular weight excluding hydrogens is 266 g/mol. The molecule has 1 heterocycles. The van der Waals surface area contributed by atoms with Crippen molar-refractivity contribution in [1.29, 1.82) is 0 Å². The quantitative estimate of drug-likeness (QED) is 0.911. The average molecular weight is 280 g/mol. The van der Waals surface area contributed by atoms with Crippen molar-refractivity contribution in [2.45, 2.75) is 13.5 Å². The van der Waals surface area contributed by atoms with E-state index in [2.05, 4.69) is 4.98 Å². The number of aliphatic hydroxyl groups is 1. The molecule has 0 fully saturated rings. The zero-order valence-corrected chi connectivity index (χ0v) is 11.2. The second-order valence-corrected chi connectivity index (χ2v) is 4.15. The summed E-state index contributed by atoms with van der Waals surface area (Å²) in [5.41, 5.74) is 0.389. The minimum absolute atomic E-state index is 0.227. The molecule has 1 aromatic carbocycles. The molecule has 2 rings (SSSR count). The van der Waals surface area contributed by atoms with Crippen LogP contribution >= 0.6 is 11.6 Å². The van der Waals surface area contributed by atoms with Crippen LogP contribution in [0.3, 0.4) is 0 Å². The van der Waals surface area contributed by atoms with E-state index < -0.39 is 0 Å². The molecule has 0 bridgehead atoms. The number of aliphatic hydroxyl groups excluding tert-OH is 1. The molecule has 1 N–H and O–H groups in total. The molecule has 0 amide bonds. The van der Waals surface area contributed by atoms with Gasteiger partial charge in [-0.05, 0) is 25.1 Å². The summed E-state index contributed by atoms with van der Waals surface area (Å²) in [5, 5.41) is 9.52. The minimum Gasteiger partial charge on any atom is -0.494 e. The van der Waals surface area contributed by atoms with E-state index in [1.54, 1.807) is 24.3 Å². The second kappa shape index (κ2) is 6.41. The van der Waals surface area contributed by atoms with Gasteiger partial charge in [0.15, 0.2) is 0 Å². The van der Waals surface area contributed by atoms with E-state index >= 15 is 0 Å². The summed E-state index contributed by atoms with van der Waals surface area (Å²) < 4.78 is 11.0. The second-order valence-electron chi connectivity index (χ2n) is 3.75. The Labute approximate surface area is 116 Å². The molecule has 0 radical (unpaired) electrons. The molecule has 0 unspecified atom stereocenters. The van der Waals surface area contributed by atoms with Gasteiger partial charge < -0.3 is 14.6 Å². The minimum atomic E-state index is -0.227. The maximum atomic E-state index is 9.10. The lowest BCUT2D eigenvalue weighted by atomic mass is 10.3. The van der Waals surface area contributed by atoms with E-state index in [1.807, 2.05) is 19.1 Å². The smallest absolute Gasteiger partial charge is 0.219 e. The number of aromatic nitrogens is 1. The highest BCUT2D eigenvalue weighted by Crippen LogP contribution is 2.26. The lowest BCUT2D eigenvalue weighted by molar-refractivity contribution is 0.275. The van der Waals surface area contributed by atoms with Crippen molar-refractivity contribution in [3.63, 3.8) is 0 Å². The first-order valence-corrected chi connectivity index (χ1v) is 6.27. The molecule has 1 aromatic heterocycles. The number of rotatable bonds is 5. The molecule has 19 heavy (non-hydrogen) atoms. The number of halogens is 1. The molecule has 4 nitrogen and oxygen atoms in total. The molecule has 5 heteroatoms. The largest absolute Gasteiger partial charge is 0.494 e. The van der Waals surface area contributed by atoms with Gasteiger partial charge in [0.1, 0.15) is 11.5 Å². The van der Waals surface area contributed by atoms with Crippen molar-refractivity contribution in [2.75, 3.05) is 6.61 Å². The Morgan fingerprint density at radius 3 is 2.74 bits per heavy atom. The molecule has 0 saturated heterocycles. The van der Waals surface area contributed by atoms with Gasteiger partial charge in [-0.1, -0.05) is 17.7 Å². The van der Waals surface area contributed by atoms with E-state index in [0.717, 1.165) is 5.75 Å². The van der Waals surface area contributed by atoms with Crippen LogP contribution in [0.25, 0.3) is 0 Å². The third-order valence-corrected chi connectivity index (χ3v) is 2.73. The summed E-state index contributed by atoms with van der Waals surface area (Å²) in [5.74, 6) is 1.73. The van der Waals surface area contributed by atoms with Crippen LogP contribution in [-0.2, 0) is 6.61 Å². The van der Waals surface area contributed by atoms with Crippen molar-refractivity contribution < 1.29 is 14.6 Å². The molecule has 0 aliphatic rings. The number of hydrogen-bond acceptors (Lipinski definition) is 4. The zero-order chi connectivity index (χ0) is 13.7. The number of nitrogens with zero attached hydrogens (tertiary/aromatic N) is 1. The van der Waals surface area contributed by atoms with Gasteiger partial charge in [-0.25, -0.2) is 4.98 Å². The normalized spacial score (nSPS) is 10.3. The number of pyridine rings is 1. The van der Waals surface area contributed by atoms with E-state index in [9.17, 15) is 0 Å². The molecule has 100 valence electrons. The van der Waals surface area contributed by atoms with Gasteiger partial charge >= 0.3 is 0 Å². The molecule has 0 saturated carbocycles. The molecule has 0 atom stereocenters. The van der Waals surface area contributed by atoms with Crippen molar-refractivity contribution in [3.8, 4) is 17.4 Å². The Morgan fingerprint density at radius 2 is 2.00 bits per heavy atom. The standard InChI is InChI=1S/C14H14ClNO3/c1-2-18-10-4-3-5-11(8-10)19-14-7-6-12(15)13(9-17)16-14/h3-8,17H,2,9H2,1H3. The van der Waals surface area contributed by atoms with Gasteiger partial charge in [-0.3, -0.25) is 0 Å². The lowest BCUT2D eigenvalue weighted by Gasteiger charge is -2.08. The number of benzene rings is 1. The summed E-state index contributed by atoms with van der Waals surface area (Å²) in [6, 6.07) is 10.6. The summed E-state index contributed by atoms with van der Waals surface area (Å²) in [6.45, 7) is 2.29. The SMILES string of the molecule is CCOc1cccc(Oc2ccc(Cl)c(CO)n2)c1. The van der Waals surface area contributed by atoms with Gasteiger partial charge in [-0.2, -0.15) is 0 Å². The third-order valence-electron chi connectivity index (χ3n) is 2.38. The van der Waals surface area contributed by atoms with E-state index in [-0.39, 0.29) is 6.61 Å². The first kappa shape index (κ1) is 13.6. The van der Waals surface area contributed by atoms with Crippen LogP contribution in [0.5, 0.6) is 17.4 Å². The number of hydrogen-bond donors (Lipinski definition) is 1. The lowest BCUT2D eigenvalue weighted by Crippen LogP contribution is -1.95. The van der Waals surface area contributed by atoms with Gasteiger partial charge in [0, 0.05) is 12.1 Å². The van der Waals surface area contributed by atoms with Crippen molar-refractivity contribution >= 4 is 11.6 Å². The van der Waals surface area contributed by atoms with Crippen LogP contribution in [-0.4, -0.2) is 16.7 Å². The molecule has 2 aromatic rings. The van der Waals surface area contributed by atoms with Crippen LogP contribution in [0.1, 0.15) is 12.6 Å². The predicted molar refractivity (Wildman–Crippen MR) is 72.9 cm³/mol. The fourth-order valence-corrected chi connectivity index (χ4v) is 1.71. The van der Waals surface area contributed by atoms with Gasteiger partial charge in [0.25, 0.3) is 0 Å². The fourth-order valence-electron chi connectivity index (χ4n) is 1.55. The highest BCUT2D eigenvalue weighted by atomic mass is 35.5. The van der Waals surface area contributed by atoms with Crippen molar-refractivity contribution in [1.82, 2.24) is 4.98 Å². The van der Waals surface area contributed by atoms with Gasteiger partial charge in [0.05, 0.1) is 23.9 Å². The number of ether oxygens (including phenoxy) is 2. The molecule has 0 aliphatic carbocycles. The zero-order valence-electron chi connectivity index (χ0n) is 10.5. The van der Waals surface area contributed by atoms with E-state index in [0.29, 0.717) is 29.0 Å². The van der Waals surface area contributed by atoms with Crippen LogP contribution in [0, 0.1) is 0 Å². The van der Waals surface area contributed by atoms with Crippen molar-refractivity contribution in [3.05, 3.63) is 47.1 Å². The highest BCUT2D eigenvalue weighted by Gasteiger charge is 2.05. The summed E-state index contributed by atoms with van der Waals surface area (Å²) >= 11 is 5.87. The average Bonchev–Trinajstić information content (AvgIpc) is 2.42. The summed E-state index contributed by atoms with van der Waals surface area (Å²) in [6.07, 6.45) is 0. The van der Waals surface area contributed by atoms with Crippen LogP contribution in [0.15, 0.2) is 36.4 Å². The monoisotopic (exact) mass is 279 g/mol. The van der Waals surface area contributed by atoms with Crippen LogP contribution in [0.2, 0.25) is 5.02 Å². The van der Waals surface area contributed by atoms with Crippen molar-refractivity contribution in [2.24, 2.45) is 0 Å². The third kappa shape index (κ3) is 3.59. The highest BCUT2D eigenvalue weighted by molar-refractivity contribution is 6.31. The Balaban J connectivity index is 2.18. The maximum Gasteiger partial charge on any atom is 0.219 e. The van der Waals surface area contributed by atoms with Gasteiger partial charge in [-0.15, -0.1) is 0 Å². The Bertz CT molecular complexity index is 560. The molecule has 0 aliphatic heterocycles. The first-order chi connectivity index (χ1) is 9.22. The topological polar surface area (TPSA) is 51.6 Å². The van der Waals surface area contributed by atoms with Gasteiger partial charge in [0.2, 0.25) is 5.88 Å². The maximum absolute atomic E-state index is 9.10. The van der Waals surface area contributed by atoms with Crippen LogP contribution < -0.4 is 9.47 Å². The van der Waals surface area contributed by atoms with Crippen LogP contribution in [0.4, 0.5) is 0 Å². The fraction of sp³-hybridized carbons (Fsp3) is 0.214. The Kier molecular flexibility index (Phi) is 4.60.